The zero-order valence-electron chi connectivity index (χ0n) is 11.9. The second-order valence-corrected chi connectivity index (χ2v) is 5.73. The van der Waals surface area contributed by atoms with Gasteiger partial charge in [-0.15, -0.1) is 0 Å². The maximum absolute atomic E-state index is 11.0. The van der Waals surface area contributed by atoms with Gasteiger partial charge in [-0.25, -0.2) is 4.79 Å². The number of ether oxygens (including phenoxy) is 1. The van der Waals surface area contributed by atoms with Crippen LogP contribution in [0, 0.1) is 0 Å². The zero-order chi connectivity index (χ0) is 14.8. The number of nitrogens with zero attached hydrogens (tertiary/aromatic N) is 1. The monoisotopic (exact) mass is 291 g/mol. The number of hydrogen-bond donors (Lipinski definition) is 3. The van der Waals surface area contributed by atoms with Gasteiger partial charge in [0.25, 0.3) is 0 Å². The number of hydrogen-bond acceptors (Lipinski definition) is 5. The second kappa shape index (κ2) is 5.91. The van der Waals surface area contributed by atoms with E-state index in [1.165, 1.54) is 18.9 Å². The molecule has 2 unspecified atom stereocenters. The Kier molecular flexibility index (Phi) is 3.98. The number of nitrogens with two attached hydrogens (primary N) is 1. The summed E-state index contributed by atoms with van der Waals surface area (Å²) in [5.74, 6) is -0.952. The number of fused-ring (bicyclic) bond motifs is 1. The van der Waals surface area contributed by atoms with Gasteiger partial charge in [-0.2, -0.15) is 0 Å². The van der Waals surface area contributed by atoms with E-state index in [0.29, 0.717) is 24.0 Å². The molecular weight excluding hydrogens is 270 g/mol. The quantitative estimate of drug-likeness (QED) is 0.724. The molecule has 21 heavy (non-hydrogen) atoms. The molecule has 2 fully saturated rings. The van der Waals surface area contributed by atoms with Gasteiger partial charge >= 0.3 is 5.97 Å². The predicted molar refractivity (Wildman–Crippen MR) is 80.6 cm³/mol. The van der Waals surface area contributed by atoms with Gasteiger partial charge in [0.1, 0.15) is 0 Å². The first-order valence-electron chi connectivity index (χ1n) is 7.36. The highest BCUT2D eigenvalue weighted by Crippen LogP contribution is 2.24. The minimum atomic E-state index is -0.952. The minimum absolute atomic E-state index is 0.118. The first-order chi connectivity index (χ1) is 10.1. The lowest BCUT2D eigenvalue weighted by molar-refractivity contribution is -0.0415. The Morgan fingerprint density at radius 1 is 1.52 bits per heavy atom. The van der Waals surface area contributed by atoms with E-state index in [-0.39, 0.29) is 11.7 Å². The van der Waals surface area contributed by atoms with Crippen LogP contribution in [0.25, 0.3) is 0 Å². The minimum Gasteiger partial charge on any atom is -0.478 e. The largest absolute Gasteiger partial charge is 0.478 e. The number of nitrogens with one attached hydrogen (secondary N) is 1. The number of carboxylic acids is 1. The van der Waals surface area contributed by atoms with Crippen molar-refractivity contribution in [2.75, 3.05) is 37.3 Å². The molecule has 1 aromatic rings. The number of benzene rings is 1. The molecule has 0 radical (unpaired) electrons. The fourth-order valence-electron chi connectivity index (χ4n) is 3.08. The molecular formula is C15H21N3O3. The lowest BCUT2D eigenvalue weighted by Gasteiger charge is -2.35. The molecule has 1 aromatic carbocycles. The van der Waals surface area contributed by atoms with Crippen LogP contribution in [0.4, 0.5) is 11.4 Å². The first kappa shape index (κ1) is 14.2. The summed E-state index contributed by atoms with van der Waals surface area (Å²) in [6.45, 7) is 3.50. The third-order valence-electron chi connectivity index (χ3n) is 4.28. The Hall–Kier alpha value is -1.79. The van der Waals surface area contributed by atoms with Crippen LogP contribution in [0.1, 0.15) is 23.2 Å². The van der Waals surface area contributed by atoms with Crippen molar-refractivity contribution in [3.05, 3.63) is 23.8 Å². The van der Waals surface area contributed by atoms with Gasteiger partial charge in [-0.3, -0.25) is 4.90 Å². The van der Waals surface area contributed by atoms with Crippen molar-refractivity contribution in [1.82, 2.24) is 4.90 Å². The third-order valence-corrected chi connectivity index (χ3v) is 4.28. The number of carboxylic acid groups (broad SMARTS) is 1. The predicted octanol–water partition coefficient (Wildman–Crippen LogP) is 1.24. The highest BCUT2D eigenvalue weighted by Gasteiger charge is 2.31. The highest BCUT2D eigenvalue weighted by molar-refractivity contribution is 5.90. The number of morpholine rings is 1. The molecule has 0 bridgehead atoms. The normalized spacial score (nSPS) is 25.5. The van der Waals surface area contributed by atoms with Crippen molar-refractivity contribution in [1.29, 1.82) is 0 Å². The summed E-state index contributed by atoms with van der Waals surface area (Å²) in [4.78, 5) is 13.5. The Labute approximate surface area is 123 Å². The lowest BCUT2D eigenvalue weighted by Crippen LogP contribution is -2.48. The molecule has 2 aliphatic heterocycles. The smallest absolute Gasteiger partial charge is 0.335 e. The van der Waals surface area contributed by atoms with Crippen LogP contribution in [0.3, 0.4) is 0 Å². The van der Waals surface area contributed by atoms with Gasteiger partial charge in [0.15, 0.2) is 0 Å². The first-order valence-corrected chi connectivity index (χ1v) is 7.36. The number of aromatic carboxylic acids is 1. The Bertz CT molecular complexity index is 535. The number of anilines is 2. The van der Waals surface area contributed by atoms with Crippen molar-refractivity contribution in [2.24, 2.45) is 0 Å². The molecule has 2 heterocycles. The van der Waals surface area contributed by atoms with E-state index in [0.717, 1.165) is 19.7 Å². The van der Waals surface area contributed by atoms with Gasteiger partial charge in [0.2, 0.25) is 0 Å². The van der Waals surface area contributed by atoms with Crippen molar-refractivity contribution < 1.29 is 14.6 Å². The number of nitrogen functional groups attached to an aromatic ring is 1. The number of carbonyl (C=O) groups is 1. The fraction of sp³-hybridized carbons (Fsp3) is 0.533. The summed E-state index contributed by atoms with van der Waals surface area (Å²) in [5.41, 5.74) is 7.32. The second-order valence-electron chi connectivity index (χ2n) is 5.73. The average Bonchev–Trinajstić information content (AvgIpc) is 2.93. The Morgan fingerprint density at radius 2 is 2.38 bits per heavy atom. The molecule has 3 rings (SSSR count). The molecule has 2 atom stereocenters. The van der Waals surface area contributed by atoms with Crippen molar-refractivity contribution in [3.63, 3.8) is 0 Å². The van der Waals surface area contributed by atoms with E-state index in [1.807, 2.05) is 0 Å². The van der Waals surface area contributed by atoms with Crippen LogP contribution < -0.4 is 11.1 Å². The molecule has 6 heteroatoms. The van der Waals surface area contributed by atoms with Gasteiger partial charge in [0.05, 0.1) is 29.6 Å². The topological polar surface area (TPSA) is 87.8 Å². The summed E-state index contributed by atoms with van der Waals surface area (Å²) in [6, 6.07) is 5.28. The molecule has 0 saturated carbocycles. The Morgan fingerprint density at radius 3 is 3.19 bits per heavy atom. The number of rotatable bonds is 4. The molecule has 2 aliphatic rings. The zero-order valence-corrected chi connectivity index (χ0v) is 11.9. The third kappa shape index (κ3) is 3.11. The van der Waals surface area contributed by atoms with Crippen molar-refractivity contribution >= 4 is 17.3 Å². The molecule has 2 saturated heterocycles. The van der Waals surface area contributed by atoms with E-state index in [1.54, 1.807) is 12.1 Å². The summed E-state index contributed by atoms with van der Waals surface area (Å²) in [5, 5.41) is 12.2. The van der Waals surface area contributed by atoms with Crippen LogP contribution in [-0.2, 0) is 4.74 Å². The molecule has 0 aliphatic carbocycles. The summed E-state index contributed by atoms with van der Waals surface area (Å²) < 4.78 is 5.87. The molecule has 0 aromatic heterocycles. The highest BCUT2D eigenvalue weighted by atomic mass is 16.5. The van der Waals surface area contributed by atoms with Crippen molar-refractivity contribution in [2.45, 2.75) is 25.0 Å². The molecule has 6 nitrogen and oxygen atoms in total. The lowest BCUT2D eigenvalue weighted by atomic mass is 10.1. The van der Waals surface area contributed by atoms with E-state index >= 15 is 0 Å². The fourth-order valence-corrected chi connectivity index (χ4v) is 3.08. The van der Waals surface area contributed by atoms with E-state index in [2.05, 4.69) is 10.2 Å². The van der Waals surface area contributed by atoms with Crippen LogP contribution in [0.2, 0.25) is 0 Å². The molecule has 114 valence electrons. The maximum atomic E-state index is 11.0. The Balaban J connectivity index is 1.60. The van der Waals surface area contributed by atoms with Crippen LogP contribution in [0.15, 0.2) is 18.2 Å². The SMILES string of the molecule is Nc1ccc(C(=O)O)cc1NCC1CN2CCCC2CO1. The molecule has 0 spiro atoms. The van der Waals surface area contributed by atoms with E-state index < -0.39 is 5.97 Å². The standard InChI is InChI=1S/C15H21N3O3/c16-13-4-3-10(15(19)20)6-14(13)17-7-12-8-18-5-1-2-11(18)9-21-12/h3-4,6,11-12,17H,1-2,5,7-9,16H2,(H,19,20). The van der Waals surface area contributed by atoms with Crippen LogP contribution in [0.5, 0.6) is 0 Å². The van der Waals surface area contributed by atoms with E-state index in [9.17, 15) is 4.79 Å². The van der Waals surface area contributed by atoms with Gasteiger partial charge in [-0.1, -0.05) is 0 Å². The summed E-state index contributed by atoms with van der Waals surface area (Å²) in [6.07, 6.45) is 2.60. The van der Waals surface area contributed by atoms with Gasteiger partial charge < -0.3 is 20.9 Å². The average molecular weight is 291 g/mol. The maximum Gasteiger partial charge on any atom is 0.335 e. The van der Waals surface area contributed by atoms with Gasteiger partial charge in [0, 0.05) is 19.1 Å². The van der Waals surface area contributed by atoms with Gasteiger partial charge in [-0.05, 0) is 37.6 Å². The van der Waals surface area contributed by atoms with Crippen molar-refractivity contribution in [3.8, 4) is 0 Å². The summed E-state index contributed by atoms with van der Waals surface area (Å²) in [7, 11) is 0. The van der Waals surface area contributed by atoms with E-state index in [4.69, 9.17) is 15.6 Å². The summed E-state index contributed by atoms with van der Waals surface area (Å²) >= 11 is 0. The molecule has 0 amide bonds. The molecule has 4 N–H and O–H groups in total. The van der Waals surface area contributed by atoms with Crippen LogP contribution >= 0.6 is 0 Å². The van der Waals surface area contributed by atoms with Crippen LogP contribution in [-0.4, -0.2) is 54.4 Å².